The fourth-order valence-corrected chi connectivity index (χ4v) is 3.37. The van der Waals surface area contributed by atoms with Crippen molar-refractivity contribution in [1.82, 2.24) is 4.90 Å². The minimum atomic E-state index is 0. The standard InChI is InChI=1S/C22H24ClNO.ClH/c23-20-11-9-18(10-12-20)17-21(19-7-3-1-4-8-19)22(25)13-16-24-14-5-2-6-15-24;/h1,3-4,7-12,17H,2,5-6,13-16H2;1H/b21-17+;. The van der Waals surface area contributed by atoms with Crippen molar-refractivity contribution in [2.75, 3.05) is 19.6 Å². The molecule has 2 aromatic rings. The summed E-state index contributed by atoms with van der Waals surface area (Å²) in [6.45, 7) is 3.09. The quantitative estimate of drug-likeness (QED) is 0.463. The van der Waals surface area contributed by atoms with E-state index in [-0.39, 0.29) is 18.2 Å². The molecule has 138 valence electrons. The molecule has 1 fully saturated rings. The molecule has 1 aliphatic rings. The van der Waals surface area contributed by atoms with Gasteiger partial charge in [-0.15, -0.1) is 12.4 Å². The fraction of sp³-hybridized carbons (Fsp3) is 0.318. The van der Waals surface area contributed by atoms with Crippen molar-refractivity contribution in [3.63, 3.8) is 0 Å². The Labute approximate surface area is 167 Å². The van der Waals surface area contributed by atoms with E-state index in [0.29, 0.717) is 11.4 Å². The third-order valence-corrected chi connectivity index (χ3v) is 4.92. The van der Waals surface area contributed by atoms with Gasteiger partial charge < -0.3 is 4.90 Å². The Morgan fingerprint density at radius 2 is 1.62 bits per heavy atom. The summed E-state index contributed by atoms with van der Waals surface area (Å²) in [6.07, 6.45) is 6.36. The van der Waals surface area contributed by atoms with Crippen LogP contribution >= 0.6 is 24.0 Å². The van der Waals surface area contributed by atoms with Crippen molar-refractivity contribution in [3.8, 4) is 0 Å². The molecule has 0 aliphatic carbocycles. The zero-order chi connectivity index (χ0) is 17.5. The number of nitrogens with zero attached hydrogens (tertiary/aromatic N) is 1. The van der Waals surface area contributed by atoms with Crippen LogP contribution in [-0.2, 0) is 4.79 Å². The maximum absolute atomic E-state index is 12.9. The number of hydrogen-bond donors (Lipinski definition) is 0. The number of hydrogen-bond acceptors (Lipinski definition) is 2. The Bertz CT molecular complexity index is 720. The topological polar surface area (TPSA) is 20.3 Å². The number of carbonyl (C=O) groups excluding carboxylic acids is 1. The first-order valence-corrected chi connectivity index (χ1v) is 9.38. The number of halogens is 2. The lowest BCUT2D eigenvalue weighted by molar-refractivity contribution is -0.114. The number of carbonyl (C=O) groups is 1. The van der Waals surface area contributed by atoms with Crippen LogP contribution in [0.15, 0.2) is 54.6 Å². The van der Waals surface area contributed by atoms with Gasteiger partial charge in [-0.1, -0.05) is 60.5 Å². The van der Waals surface area contributed by atoms with Crippen molar-refractivity contribution in [3.05, 3.63) is 70.7 Å². The van der Waals surface area contributed by atoms with Gasteiger partial charge >= 0.3 is 0 Å². The Balaban J connectivity index is 0.00000243. The molecule has 0 aromatic heterocycles. The molecule has 0 amide bonds. The van der Waals surface area contributed by atoms with Crippen molar-refractivity contribution in [1.29, 1.82) is 0 Å². The van der Waals surface area contributed by atoms with Gasteiger partial charge in [-0.05, 0) is 55.3 Å². The lowest BCUT2D eigenvalue weighted by atomic mass is 9.97. The van der Waals surface area contributed by atoms with E-state index in [4.69, 9.17) is 11.6 Å². The fourth-order valence-electron chi connectivity index (χ4n) is 3.25. The Kier molecular flexibility index (Phi) is 8.37. The molecule has 1 saturated heterocycles. The average Bonchev–Trinajstić information content (AvgIpc) is 2.67. The van der Waals surface area contributed by atoms with E-state index < -0.39 is 0 Å². The third kappa shape index (κ3) is 5.98. The van der Waals surface area contributed by atoms with Gasteiger partial charge in [0.1, 0.15) is 0 Å². The zero-order valence-electron chi connectivity index (χ0n) is 14.9. The first kappa shape index (κ1) is 20.7. The van der Waals surface area contributed by atoms with Crippen molar-refractivity contribution >= 4 is 41.4 Å². The molecular formula is C22H25Cl2NO. The smallest absolute Gasteiger partial charge is 0.164 e. The van der Waals surface area contributed by atoms with Crippen LogP contribution in [0.4, 0.5) is 0 Å². The van der Waals surface area contributed by atoms with E-state index in [9.17, 15) is 4.79 Å². The molecule has 2 aromatic carbocycles. The highest BCUT2D eigenvalue weighted by Crippen LogP contribution is 2.22. The molecule has 0 atom stereocenters. The van der Waals surface area contributed by atoms with Crippen LogP contribution in [-0.4, -0.2) is 30.3 Å². The second-order valence-corrected chi connectivity index (χ2v) is 6.99. The SMILES string of the molecule is Cl.O=C(CCN1CCCCC1)/C(=C/c1ccc(Cl)cc1)c1ccccc1. The summed E-state index contributed by atoms with van der Waals surface area (Å²) in [6, 6.07) is 17.5. The summed E-state index contributed by atoms with van der Waals surface area (Å²) >= 11 is 5.97. The highest BCUT2D eigenvalue weighted by atomic mass is 35.5. The number of benzene rings is 2. The second-order valence-electron chi connectivity index (χ2n) is 6.55. The number of piperidine rings is 1. The number of Topliss-reactive ketones (excluding diaryl/α,β-unsaturated/α-hetero) is 1. The summed E-state index contributed by atoms with van der Waals surface area (Å²) in [4.78, 5) is 15.3. The predicted molar refractivity (Wildman–Crippen MR) is 113 cm³/mol. The molecule has 0 bridgehead atoms. The van der Waals surface area contributed by atoms with Crippen LogP contribution < -0.4 is 0 Å². The van der Waals surface area contributed by atoms with Gasteiger partial charge in [0.25, 0.3) is 0 Å². The van der Waals surface area contributed by atoms with Crippen molar-refractivity contribution in [2.45, 2.75) is 25.7 Å². The molecule has 1 aliphatic heterocycles. The molecule has 2 nitrogen and oxygen atoms in total. The minimum absolute atomic E-state index is 0. The van der Waals surface area contributed by atoms with E-state index in [1.807, 2.05) is 60.7 Å². The van der Waals surface area contributed by atoms with Gasteiger partial charge in [0.15, 0.2) is 5.78 Å². The summed E-state index contributed by atoms with van der Waals surface area (Å²) in [5, 5.41) is 0.704. The first-order valence-electron chi connectivity index (χ1n) is 9.00. The van der Waals surface area contributed by atoms with Crippen LogP contribution in [0.1, 0.15) is 36.8 Å². The zero-order valence-corrected chi connectivity index (χ0v) is 16.4. The summed E-state index contributed by atoms with van der Waals surface area (Å²) in [5.41, 5.74) is 2.75. The molecule has 0 N–H and O–H groups in total. The van der Waals surface area contributed by atoms with Crippen LogP contribution in [0.2, 0.25) is 5.02 Å². The van der Waals surface area contributed by atoms with Gasteiger partial charge in [-0.25, -0.2) is 0 Å². The monoisotopic (exact) mass is 389 g/mol. The molecule has 0 unspecified atom stereocenters. The number of rotatable bonds is 6. The van der Waals surface area contributed by atoms with E-state index in [1.54, 1.807) is 0 Å². The Morgan fingerprint density at radius 3 is 2.27 bits per heavy atom. The Hall–Kier alpha value is -1.61. The lowest BCUT2D eigenvalue weighted by Gasteiger charge is -2.26. The van der Waals surface area contributed by atoms with Crippen LogP contribution in [0.3, 0.4) is 0 Å². The number of likely N-dealkylation sites (tertiary alicyclic amines) is 1. The van der Waals surface area contributed by atoms with Gasteiger partial charge in [0.2, 0.25) is 0 Å². The molecule has 1 heterocycles. The minimum Gasteiger partial charge on any atom is -0.303 e. The van der Waals surface area contributed by atoms with Gasteiger partial charge in [0, 0.05) is 23.6 Å². The average molecular weight is 390 g/mol. The predicted octanol–water partition coefficient (Wildman–Crippen LogP) is 5.75. The molecule has 3 rings (SSSR count). The third-order valence-electron chi connectivity index (χ3n) is 4.67. The van der Waals surface area contributed by atoms with E-state index in [0.717, 1.165) is 36.3 Å². The molecule has 4 heteroatoms. The summed E-state index contributed by atoms with van der Waals surface area (Å²) < 4.78 is 0. The van der Waals surface area contributed by atoms with Crippen LogP contribution in [0.25, 0.3) is 11.6 Å². The highest BCUT2D eigenvalue weighted by molar-refractivity contribution is 6.30. The largest absolute Gasteiger partial charge is 0.303 e. The lowest BCUT2D eigenvalue weighted by Crippen LogP contribution is -2.31. The van der Waals surface area contributed by atoms with Gasteiger partial charge in [-0.2, -0.15) is 0 Å². The first-order chi connectivity index (χ1) is 12.2. The van der Waals surface area contributed by atoms with Crippen LogP contribution in [0.5, 0.6) is 0 Å². The van der Waals surface area contributed by atoms with Crippen LogP contribution in [0, 0.1) is 0 Å². The normalized spacial score (nSPS) is 15.3. The highest BCUT2D eigenvalue weighted by Gasteiger charge is 2.15. The summed E-state index contributed by atoms with van der Waals surface area (Å²) in [5.74, 6) is 0.201. The molecule has 26 heavy (non-hydrogen) atoms. The van der Waals surface area contributed by atoms with E-state index in [1.165, 1.54) is 19.3 Å². The van der Waals surface area contributed by atoms with E-state index in [2.05, 4.69) is 4.90 Å². The molecular weight excluding hydrogens is 365 g/mol. The number of allylic oxidation sites excluding steroid dienone is 1. The Morgan fingerprint density at radius 1 is 0.962 bits per heavy atom. The molecule has 0 spiro atoms. The summed E-state index contributed by atoms with van der Waals surface area (Å²) in [7, 11) is 0. The maximum atomic E-state index is 12.9. The van der Waals surface area contributed by atoms with Crippen molar-refractivity contribution in [2.24, 2.45) is 0 Å². The van der Waals surface area contributed by atoms with Crippen molar-refractivity contribution < 1.29 is 4.79 Å². The van der Waals surface area contributed by atoms with Gasteiger partial charge in [0.05, 0.1) is 0 Å². The second kappa shape index (κ2) is 10.5. The van der Waals surface area contributed by atoms with E-state index >= 15 is 0 Å². The maximum Gasteiger partial charge on any atom is 0.164 e. The molecule has 0 saturated carbocycles. The number of ketones is 1. The molecule has 0 radical (unpaired) electrons. The van der Waals surface area contributed by atoms with Gasteiger partial charge in [-0.3, -0.25) is 4.79 Å².